The van der Waals surface area contributed by atoms with Crippen molar-refractivity contribution in [1.29, 1.82) is 0 Å². The molecule has 0 radical (unpaired) electrons. The Kier molecular flexibility index (Phi) is 5.35. The molecule has 146 valence electrons. The zero-order chi connectivity index (χ0) is 19.5. The maximum absolute atomic E-state index is 5.99. The number of aromatic nitrogens is 1. The Bertz CT molecular complexity index is 951. The first-order chi connectivity index (χ1) is 13.7. The van der Waals surface area contributed by atoms with Crippen molar-refractivity contribution < 1.29 is 13.9 Å². The molecule has 1 unspecified atom stereocenters. The summed E-state index contributed by atoms with van der Waals surface area (Å²) in [5, 5.41) is 0. The van der Waals surface area contributed by atoms with Gasteiger partial charge >= 0.3 is 0 Å². The van der Waals surface area contributed by atoms with Crippen molar-refractivity contribution in [2.75, 3.05) is 20.8 Å². The minimum atomic E-state index is 0.376. The van der Waals surface area contributed by atoms with Crippen LogP contribution in [0, 0.1) is 6.92 Å². The van der Waals surface area contributed by atoms with Gasteiger partial charge in [0.05, 0.1) is 25.5 Å². The van der Waals surface area contributed by atoms with E-state index in [4.69, 9.17) is 18.9 Å². The van der Waals surface area contributed by atoms with Gasteiger partial charge in [0.25, 0.3) is 0 Å². The number of oxazole rings is 1. The number of aryl methyl sites for hydroxylation is 1. The van der Waals surface area contributed by atoms with E-state index in [0.717, 1.165) is 48.0 Å². The predicted octanol–water partition coefficient (Wildman–Crippen LogP) is 5.00. The van der Waals surface area contributed by atoms with Gasteiger partial charge in [-0.1, -0.05) is 24.3 Å². The van der Waals surface area contributed by atoms with E-state index in [9.17, 15) is 0 Å². The smallest absolute Gasteiger partial charge is 0.230 e. The Morgan fingerprint density at radius 1 is 1.11 bits per heavy atom. The number of likely N-dealkylation sites (tertiary alicyclic amines) is 1. The van der Waals surface area contributed by atoms with Gasteiger partial charge in [-0.15, -0.1) is 0 Å². The molecule has 4 rings (SSSR count). The van der Waals surface area contributed by atoms with E-state index in [-0.39, 0.29) is 0 Å². The molecule has 2 heterocycles. The van der Waals surface area contributed by atoms with Crippen molar-refractivity contribution in [2.45, 2.75) is 32.4 Å². The highest BCUT2D eigenvalue weighted by atomic mass is 16.5. The van der Waals surface area contributed by atoms with Gasteiger partial charge in [-0.2, -0.15) is 0 Å². The van der Waals surface area contributed by atoms with Gasteiger partial charge in [0.15, 0.2) is 0 Å². The van der Waals surface area contributed by atoms with Crippen molar-refractivity contribution in [3.63, 3.8) is 0 Å². The van der Waals surface area contributed by atoms with Gasteiger partial charge in [-0.05, 0) is 56.1 Å². The fraction of sp³-hybridized carbons (Fsp3) is 0.348. The van der Waals surface area contributed by atoms with Crippen LogP contribution in [-0.4, -0.2) is 30.6 Å². The van der Waals surface area contributed by atoms with E-state index < -0.39 is 0 Å². The van der Waals surface area contributed by atoms with Crippen LogP contribution in [-0.2, 0) is 6.54 Å². The van der Waals surface area contributed by atoms with Crippen LogP contribution in [0.15, 0.2) is 52.9 Å². The molecule has 1 aromatic heterocycles. The van der Waals surface area contributed by atoms with Crippen molar-refractivity contribution in [1.82, 2.24) is 9.88 Å². The average molecular weight is 378 g/mol. The van der Waals surface area contributed by atoms with Crippen LogP contribution >= 0.6 is 0 Å². The molecule has 2 aromatic carbocycles. The number of benzene rings is 2. The van der Waals surface area contributed by atoms with Crippen LogP contribution in [0.25, 0.3) is 11.5 Å². The number of hydrogen-bond donors (Lipinski definition) is 0. The second-order valence-electron chi connectivity index (χ2n) is 7.13. The summed E-state index contributed by atoms with van der Waals surface area (Å²) >= 11 is 0. The molecular weight excluding hydrogens is 352 g/mol. The van der Waals surface area contributed by atoms with Crippen molar-refractivity contribution >= 4 is 0 Å². The first-order valence-electron chi connectivity index (χ1n) is 9.67. The molecule has 0 aliphatic carbocycles. The highest BCUT2D eigenvalue weighted by molar-refractivity contribution is 5.63. The molecule has 1 saturated heterocycles. The Balaban J connectivity index is 1.58. The summed E-state index contributed by atoms with van der Waals surface area (Å²) in [6.07, 6.45) is 2.32. The zero-order valence-corrected chi connectivity index (χ0v) is 16.6. The fourth-order valence-electron chi connectivity index (χ4n) is 3.95. The third-order valence-electron chi connectivity index (χ3n) is 5.43. The molecule has 28 heavy (non-hydrogen) atoms. The molecule has 0 bridgehead atoms. The normalized spacial score (nSPS) is 17.0. The highest BCUT2D eigenvalue weighted by Crippen LogP contribution is 2.36. The van der Waals surface area contributed by atoms with Crippen LogP contribution in [0.2, 0.25) is 0 Å². The highest BCUT2D eigenvalue weighted by Gasteiger charge is 2.28. The molecule has 3 aromatic rings. The van der Waals surface area contributed by atoms with Gasteiger partial charge in [-0.25, -0.2) is 4.98 Å². The molecule has 0 spiro atoms. The van der Waals surface area contributed by atoms with E-state index >= 15 is 0 Å². The molecular formula is C23H26N2O3. The summed E-state index contributed by atoms with van der Waals surface area (Å²) in [4.78, 5) is 7.28. The fourth-order valence-corrected chi connectivity index (χ4v) is 3.95. The molecule has 1 atom stereocenters. The summed E-state index contributed by atoms with van der Waals surface area (Å²) in [5.41, 5.74) is 3.16. The quantitative estimate of drug-likeness (QED) is 0.604. The molecule has 1 aliphatic rings. The predicted molar refractivity (Wildman–Crippen MR) is 109 cm³/mol. The second kappa shape index (κ2) is 8.07. The summed E-state index contributed by atoms with van der Waals surface area (Å²) in [6, 6.07) is 16.6. The van der Waals surface area contributed by atoms with E-state index in [1.807, 2.05) is 37.3 Å². The second-order valence-corrected chi connectivity index (χ2v) is 7.13. The number of para-hydroxylation sites is 1. The Morgan fingerprint density at radius 3 is 2.79 bits per heavy atom. The largest absolute Gasteiger partial charge is 0.497 e. The number of ether oxygens (including phenoxy) is 2. The van der Waals surface area contributed by atoms with Gasteiger partial charge in [0, 0.05) is 12.6 Å². The number of hydrogen-bond acceptors (Lipinski definition) is 5. The number of rotatable bonds is 6. The zero-order valence-electron chi connectivity index (χ0n) is 16.6. The monoisotopic (exact) mass is 378 g/mol. The topological polar surface area (TPSA) is 47.7 Å². The lowest BCUT2D eigenvalue weighted by Gasteiger charge is -2.24. The lowest BCUT2D eigenvalue weighted by atomic mass is 10.0. The van der Waals surface area contributed by atoms with Crippen molar-refractivity contribution in [2.24, 2.45) is 0 Å². The van der Waals surface area contributed by atoms with Crippen molar-refractivity contribution in [3.8, 4) is 23.0 Å². The summed E-state index contributed by atoms with van der Waals surface area (Å²) < 4.78 is 16.9. The van der Waals surface area contributed by atoms with Crippen LogP contribution in [0.4, 0.5) is 0 Å². The van der Waals surface area contributed by atoms with Crippen molar-refractivity contribution in [3.05, 3.63) is 65.5 Å². The summed E-state index contributed by atoms with van der Waals surface area (Å²) in [6.45, 7) is 3.81. The Hall–Kier alpha value is -2.79. The van der Waals surface area contributed by atoms with E-state index in [1.54, 1.807) is 14.2 Å². The first-order valence-corrected chi connectivity index (χ1v) is 9.67. The lowest BCUT2D eigenvalue weighted by Crippen LogP contribution is -2.23. The van der Waals surface area contributed by atoms with Gasteiger partial charge in [0.1, 0.15) is 17.3 Å². The minimum absolute atomic E-state index is 0.376. The Morgan fingerprint density at radius 2 is 1.96 bits per heavy atom. The average Bonchev–Trinajstić information content (AvgIpc) is 3.35. The summed E-state index contributed by atoms with van der Waals surface area (Å²) in [5.74, 6) is 3.14. The first kappa shape index (κ1) is 18.6. The SMILES string of the molecule is COc1cccc(C2CCCN2Cc2nc(-c3ccccc3OC)oc2C)c1. The Labute approximate surface area is 165 Å². The van der Waals surface area contributed by atoms with Crippen LogP contribution in [0.1, 0.15) is 35.9 Å². The third kappa shape index (κ3) is 3.62. The molecule has 5 heteroatoms. The third-order valence-corrected chi connectivity index (χ3v) is 5.43. The molecule has 1 aliphatic heterocycles. The number of methoxy groups -OCH3 is 2. The molecule has 0 N–H and O–H groups in total. The molecule has 5 nitrogen and oxygen atoms in total. The minimum Gasteiger partial charge on any atom is -0.497 e. The molecule has 0 saturated carbocycles. The molecule has 0 amide bonds. The number of nitrogens with zero attached hydrogens (tertiary/aromatic N) is 2. The van der Waals surface area contributed by atoms with Crippen LogP contribution < -0.4 is 9.47 Å². The van der Waals surface area contributed by atoms with Crippen LogP contribution in [0.3, 0.4) is 0 Å². The maximum Gasteiger partial charge on any atom is 0.230 e. The summed E-state index contributed by atoms with van der Waals surface area (Å²) in [7, 11) is 3.38. The standard InChI is InChI=1S/C23H26N2O3/c1-16-20(24-23(28-16)19-10-4-5-12-22(19)27-3)15-25-13-7-11-21(25)17-8-6-9-18(14-17)26-2/h4-6,8-10,12,14,21H,7,11,13,15H2,1-3H3. The van der Waals surface area contributed by atoms with E-state index in [0.29, 0.717) is 11.9 Å². The van der Waals surface area contributed by atoms with Gasteiger partial charge < -0.3 is 13.9 Å². The lowest BCUT2D eigenvalue weighted by molar-refractivity contribution is 0.244. The van der Waals surface area contributed by atoms with Crippen LogP contribution in [0.5, 0.6) is 11.5 Å². The maximum atomic E-state index is 5.99. The van der Waals surface area contributed by atoms with E-state index in [2.05, 4.69) is 23.1 Å². The van der Waals surface area contributed by atoms with Gasteiger partial charge in [-0.3, -0.25) is 4.90 Å². The van der Waals surface area contributed by atoms with Gasteiger partial charge in [0.2, 0.25) is 5.89 Å². The molecule has 1 fully saturated rings. The van der Waals surface area contributed by atoms with E-state index in [1.165, 1.54) is 12.0 Å².